The summed E-state index contributed by atoms with van der Waals surface area (Å²) >= 11 is 13.2. The van der Waals surface area contributed by atoms with Gasteiger partial charge in [-0.2, -0.15) is 9.78 Å². The van der Waals surface area contributed by atoms with Crippen LogP contribution in [-0.2, 0) is 0 Å². The van der Waals surface area contributed by atoms with E-state index in [9.17, 15) is 14.9 Å². The molecule has 0 aliphatic rings. The van der Waals surface area contributed by atoms with Gasteiger partial charge in [0.1, 0.15) is 0 Å². The maximum absolute atomic E-state index is 12.8. The van der Waals surface area contributed by atoms with Gasteiger partial charge in [0.05, 0.1) is 36.7 Å². The Kier molecular flexibility index (Phi) is 5.55. The molecule has 138 valence electrons. The van der Waals surface area contributed by atoms with Gasteiger partial charge in [-0.15, -0.1) is 0 Å². The highest BCUT2D eigenvalue weighted by atomic mass is 35.5. The number of aryl methyl sites for hydroxylation is 1. The molecule has 0 saturated carbocycles. The van der Waals surface area contributed by atoms with Crippen LogP contribution in [0.4, 0.5) is 5.69 Å². The van der Waals surface area contributed by atoms with E-state index in [0.29, 0.717) is 26.2 Å². The van der Waals surface area contributed by atoms with Crippen LogP contribution in [0.2, 0.25) is 10.0 Å². The van der Waals surface area contributed by atoms with Crippen molar-refractivity contribution in [3.05, 3.63) is 79.6 Å². The zero-order valence-corrected chi connectivity index (χ0v) is 16.6. The second-order valence-corrected chi connectivity index (χ2v) is 7.56. The lowest BCUT2D eigenvalue weighted by atomic mass is 10.2. The van der Waals surface area contributed by atoms with Gasteiger partial charge in [-0.3, -0.25) is 14.9 Å². The minimum absolute atomic E-state index is 0.00104. The molecule has 3 rings (SSSR count). The van der Waals surface area contributed by atoms with E-state index in [0.717, 1.165) is 0 Å². The SMILES string of the molecule is Cc1nn(C(=O)c2ccc(Cl)cc2Cl)c(C)c1Sc1ccccc1[N+](=O)[O-]. The Morgan fingerprint density at radius 2 is 1.89 bits per heavy atom. The average Bonchev–Trinajstić information content (AvgIpc) is 2.90. The minimum Gasteiger partial charge on any atom is -0.267 e. The summed E-state index contributed by atoms with van der Waals surface area (Å²) in [6, 6.07) is 11.0. The first-order chi connectivity index (χ1) is 12.8. The molecule has 0 aliphatic carbocycles. The Hall–Kier alpha value is -2.35. The maximum atomic E-state index is 12.8. The van der Waals surface area contributed by atoms with E-state index in [1.54, 1.807) is 38.1 Å². The smallest absolute Gasteiger partial charge is 0.267 e. The summed E-state index contributed by atoms with van der Waals surface area (Å²) in [5, 5.41) is 16.2. The fourth-order valence-corrected chi connectivity index (χ4v) is 4.08. The van der Waals surface area contributed by atoms with Gasteiger partial charge in [-0.1, -0.05) is 47.1 Å². The van der Waals surface area contributed by atoms with Crippen LogP contribution in [0.15, 0.2) is 52.3 Å². The normalized spacial score (nSPS) is 10.8. The van der Waals surface area contributed by atoms with Gasteiger partial charge < -0.3 is 0 Å². The number of benzene rings is 2. The van der Waals surface area contributed by atoms with Gasteiger partial charge in [0.15, 0.2) is 0 Å². The molecule has 0 amide bonds. The fraction of sp³-hybridized carbons (Fsp3) is 0.111. The molecule has 0 atom stereocenters. The molecule has 1 aromatic heterocycles. The average molecular weight is 422 g/mol. The molecule has 6 nitrogen and oxygen atoms in total. The zero-order chi connectivity index (χ0) is 19.7. The van der Waals surface area contributed by atoms with Gasteiger partial charge in [0.2, 0.25) is 0 Å². The Morgan fingerprint density at radius 1 is 1.19 bits per heavy atom. The van der Waals surface area contributed by atoms with E-state index in [2.05, 4.69) is 5.10 Å². The molecule has 0 saturated heterocycles. The number of nitro benzene ring substituents is 1. The number of halogens is 2. The number of nitrogens with zero attached hydrogens (tertiary/aromatic N) is 3. The van der Waals surface area contributed by atoms with Gasteiger partial charge in [0, 0.05) is 11.1 Å². The molecule has 0 spiro atoms. The number of carbonyl (C=O) groups excluding carboxylic acids is 1. The Bertz CT molecular complexity index is 1070. The highest BCUT2D eigenvalue weighted by molar-refractivity contribution is 7.99. The van der Waals surface area contributed by atoms with E-state index in [-0.39, 0.29) is 16.3 Å². The first-order valence-corrected chi connectivity index (χ1v) is 9.34. The summed E-state index contributed by atoms with van der Waals surface area (Å²) in [4.78, 5) is 24.8. The summed E-state index contributed by atoms with van der Waals surface area (Å²) in [5.74, 6) is -0.397. The first kappa shape index (κ1) is 19.4. The van der Waals surface area contributed by atoms with Crippen molar-refractivity contribution in [2.75, 3.05) is 0 Å². The molecule has 9 heteroatoms. The summed E-state index contributed by atoms with van der Waals surface area (Å²) < 4.78 is 1.25. The van der Waals surface area contributed by atoms with Crippen molar-refractivity contribution in [3.63, 3.8) is 0 Å². The molecule has 2 aromatic carbocycles. The third kappa shape index (κ3) is 3.85. The second kappa shape index (κ2) is 7.72. The Morgan fingerprint density at radius 3 is 2.56 bits per heavy atom. The highest BCUT2D eigenvalue weighted by Crippen LogP contribution is 2.38. The van der Waals surface area contributed by atoms with E-state index in [1.807, 2.05) is 0 Å². The van der Waals surface area contributed by atoms with Crippen LogP contribution in [0.1, 0.15) is 21.7 Å². The standard InChI is InChI=1S/C18H13Cl2N3O3S/c1-10-17(27-16-6-4-3-5-15(16)23(25)26)11(2)22(21-10)18(24)13-8-7-12(19)9-14(13)20/h3-9H,1-2H3. The zero-order valence-electron chi connectivity index (χ0n) is 14.3. The van der Waals surface area contributed by atoms with Crippen molar-refractivity contribution in [3.8, 4) is 0 Å². The van der Waals surface area contributed by atoms with Gasteiger partial charge in [-0.05, 0) is 38.1 Å². The second-order valence-electron chi connectivity index (χ2n) is 5.67. The van der Waals surface area contributed by atoms with E-state index >= 15 is 0 Å². The lowest BCUT2D eigenvalue weighted by molar-refractivity contribution is -0.387. The number of rotatable bonds is 4. The van der Waals surface area contributed by atoms with Crippen molar-refractivity contribution < 1.29 is 9.72 Å². The molecular weight excluding hydrogens is 409 g/mol. The minimum atomic E-state index is -0.434. The summed E-state index contributed by atoms with van der Waals surface area (Å²) in [7, 11) is 0. The van der Waals surface area contributed by atoms with Crippen LogP contribution >= 0.6 is 35.0 Å². The predicted octanol–water partition coefficient (Wildman–Crippen LogP) is 5.55. The van der Waals surface area contributed by atoms with E-state index in [1.165, 1.54) is 34.6 Å². The number of hydrogen-bond acceptors (Lipinski definition) is 5. The molecule has 0 unspecified atom stereocenters. The van der Waals surface area contributed by atoms with Gasteiger partial charge >= 0.3 is 0 Å². The molecule has 0 aliphatic heterocycles. The van der Waals surface area contributed by atoms with Crippen molar-refractivity contribution in [1.82, 2.24) is 9.78 Å². The fourth-order valence-electron chi connectivity index (χ4n) is 2.56. The summed E-state index contributed by atoms with van der Waals surface area (Å²) in [6.45, 7) is 3.48. The van der Waals surface area contributed by atoms with Crippen molar-refractivity contribution in [2.24, 2.45) is 0 Å². The third-order valence-electron chi connectivity index (χ3n) is 3.85. The molecule has 1 heterocycles. The summed E-state index contributed by atoms with van der Waals surface area (Å²) in [6.07, 6.45) is 0. The van der Waals surface area contributed by atoms with Gasteiger partial charge in [-0.25, -0.2) is 0 Å². The van der Waals surface area contributed by atoms with Crippen molar-refractivity contribution in [1.29, 1.82) is 0 Å². The molecular formula is C18H13Cl2N3O3S. The van der Waals surface area contributed by atoms with Crippen LogP contribution in [0, 0.1) is 24.0 Å². The molecule has 0 radical (unpaired) electrons. The molecule has 0 fully saturated rings. The maximum Gasteiger partial charge on any atom is 0.283 e. The quantitative estimate of drug-likeness (QED) is 0.407. The Labute approximate surface area is 169 Å². The van der Waals surface area contributed by atoms with E-state index in [4.69, 9.17) is 23.2 Å². The summed E-state index contributed by atoms with van der Waals surface area (Å²) in [5.41, 5.74) is 1.44. The van der Waals surface area contributed by atoms with Crippen LogP contribution < -0.4 is 0 Å². The van der Waals surface area contributed by atoms with Crippen LogP contribution in [0.5, 0.6) is 0 Å². The molecule has 0 bridgehead atoms. The van der Waals surface area contributed by atoms with Crippen LogP contribution in [0.3, 0.4) is 0 Å². The Balaban J connectivity index is 2.01. The topological polar surface area (TPSA) is 78.0 Å². The van der Waals surface area contributed by atoms with Crippen LogP contribution in [-0.4, -0.2) is 20.6 Å². The molecule has 0 N–H and O–H groups in total. The van der Waals surface area contributed by atoms with Crippen molar-refractivity contribution in [2.45, 2.75) is 23.6 Å². The number of nitro groups is 1. The molecule has 27 heavy (non-hydrogen) atoms. The van der Waals surface area contributed by atoms with Crippen LogP contribution in [0.25, 0.3) is 0 Å². The number of hydrogen-bond donors (Lipinski definition) is 0. The molecule has 3 aromatic rings. The number of aromatic nitrogens is 2. The first-order valence-electron chi connectivity index (χ1n) is 7.77. The van der Waals surface area contributed by atoms with Gasteiger partial charge in [0.25, 0.3) is 11.6 Å². The highest BCUT2D eigenvalue weighted by Gasteiger charge is 2.23. The third-order valence-corrected chi connectivity index (χ3v) is 5.76. The lowest BCUT2D eigenvalue weighted by Gasteiger charge is -2.07. The monoisotopic (exact) mass is 421 g/mol. The number of carbonyl (C=O) groups is 1. The number of para-hydroxylation sites is 1. The largest absolute Gasteiger partial charge is 0.283 e. The predicted molar refractivity (Wildman–Crippen MR) is 105 cm³/mol. The van der Waals surface area contributed by atoms with E-state index < -0.39 is 10.8 Å². The lowest BCUT2D eigenvalue weighted by Crippen LogP contribution is -2.15. The van der Waals surface area contributed by atoms with Crippen molar-refractivity contribution >= 4 is 46.6 Å².